The van der Waals surface area contributed by atoms with E-state index in [1.807, 2.05) is 0 Å². The Morgan fingerprint density at radius 1 is 0.853 bits per heavy atom. The summed E-state index contributed by atoms with van der Waals surface area (Å²) >= 11 is 0. The molecule has 3 rings (SSSR count). The van der Waals surface area contributed by atoms with Crippen molar-refractivity contribution in [2.75, 3.05) is 37.5 Å². The molecule has 0 spiro atoms. The lowest BCUT2D eigenvalue weighted by Crippen LogP contribution is -2.38. The average Bonchev–Trinajstić information content (AvgIpc) is 2.87. The number of esters is 1. The number of benzene rings is 3. The molecule has 0 saturated carbocycles. The van der Waals surface area contributed by atoms with Crippen molar-refractivity contribution >= 4 is 33.3 Å². The number of hydrogen-bond acceptors (Lipinski definition) is 7. The van der Waals surface area contributed by atoms with Crippen molar-refractivity contribution in [2.45, 2.75) is 4.90 Å². The zero-order valence-electron chi connectivity index (χ0n) is 18.8. The van der Waals surface area contributed by atoms with Crippen LogP contribution in [0.25, 0.3) is 0 Å². The highest BCUT2D eigenvalue weighted by Crippen LogP contribution is 2.34. The number of ether oxygens (including phenoxy) is 3. The number of nitrogens with zero attached hydrogens (tertiary/aromatic N) is 1. The SMILES string of the molecule is COC(=O)c1cc(OC)c(OC)cc1NC(=O)CN(c1ccccc1)S(=O)(=O)c1ccccc1. The fourth-order valence-corrected chi connectivity index (χ4v) is 4.65. The fourth-order valence-electron chi connectivity index (χ4n) is 3.21. The summed E-state index contributed by atoms with van der Waals surface area (Å²) in [6.45, 7) is -0.545. The van der Waals surface area contributed by atoms with Gasteiger partial charge in [0.1, 0.15) is 6.54 Å². The average molecular weight is 485 g/mol. The highest BCUT2D eigenvalue weighted by atomic mass is 32.2. The van der Waals surface area contributed by atoms with E-state index < -0.39 is 28.4 Å². The van der Waals surface area contributed by atoms with Gasteiger partial charge in [-0.3, -0.25) is 9.10 Å². The van der Waals surface area contributed by atoms with Crippen molar-refractivity contribution in [1.29, 1.82) is 0 Å². The first-order chi connectivity index (χ1) is 16.3. The van der Waals surface area contributed by atoms with Crippen LogP contribution in [0.2, 0.25) is 0 Å². The Balaban J connectivity index is 1.98. The second-order valence-corrected chi connectivity index (χ2v) is 8.82. The van der Waals surface area contributed by atoms with Crippen LogP contribution in [0, 0.1) is 0 Å². The quantitative estimate of drug-likeness (QED) is 0.464. The van der Waals surface area contributed by atoms with E-state index in [1.54, 1.807) is 48.5 Å². The number of carbonyl (C=O) groups excluding carboxylic acids is 2. The van der Waals surface area contributed by atoms with E-state index in [2.05, 4.69) is 5.32 Å². The minimum atomic E-state index is -4.06. The van der Waals surface area contributed by atoms with Gasteiger partial charge in [0, 0.05) is 12.1 Å². The van der Waals surface area contributed by atoms with Crippen LogP contribution in [0.15, 0.2) is 77.7 Å². The van der Waals surface area contributed by atoms with E-state index in [0.717, 1.165) is 4.31 Å². The number of anilines is 2. The van der Waals surface area contributed by atoms with Gasteiger partial charge in [-0.25, -0.2) is 13.2 Å². The molecule has 10 heteroatoms. The van der Waals surface area contributed by atoms with Crippen LogP contribution in [-0.2, 0) is 19.6 Å². The third-order valence-corrected chi connectivity index (χ3v) is 6.65. The van der Waals surface area contributed by atoms with Crippen molar-refractivity contribution in [1.82, 2.24) is 0 Å². The summed E-state index contributed by atoms with van der Waals surface area (Å²) in [5.74, 6) is -0.866. The third-order valence-electron chi connectivity index (χ3n) is 4.87. The largest absolute Gasteiger partial charge is 0.493 e. The van der Waals surface area contributed by atoms with Crippen LogP contribution in [0.1, 0.15) is 10.4 Å². The maximum Gasteiger partial charge on any atom is 0.340 e. The molecule has 0 aromatic heterocycles. The molecule has 178 valence electrons. The Kier molecular flexibility index (Phi) is 7.75. The van der Waals surface area contributed by atoms with Gasteiger partial charge in [-0.05, 0) is 24.3 Å². The molecule has 1 N–H and O–H groups in total. The predicted molar refractivity (Wildman–Crippen MR) is 127 cm³/mol. The normalized spacial score (nSPS) is 10.8. The molecule has 0 unspecified atom stereocenters. The molecular weight excluding hydrogens is 460 g/mol. The minimum Gasteiger partial charge on any atom is -0.493 e. The van der Waals surface area contributed by atoms with Crippen LogP contribution in [-0.4, -0.2) is 48.2 Å². The molecule has 0 saturated heterocycles. The zero-order valence-corrected chi connectivity index (χ0v) is 19.7. The van der Waals surface area contributed by atoms with Gasteiger partial charge in [-0.2, -0.15) is 0 Å². The number of amides is 1. The summed E-state index contributed by atoms with van der Waals surface area (Å²) in [5, 5.41) is 2.59. The van der Waals surface area contributed by atoms with Gasteiger partial charge in [-0.15, -0.1) is 0 Å². The first-order valence-corrected chi connectivity index (χ1v) is 11.5. The number of carbonyl (C=O) groups is 2. The number of nitrogens with one attached hydrogen (secondary N) is 1. The van der Waals surface area contributed by atoms with E-state index in [0.29, 0.717) is 5.69 Å². The smallest absolute Gasteiger partial charge is 0.340 e. The zero-order chi connectivity index (χ0) is 24.7. The summed E-state index contributed by atoms with van der Waals surface area (Å²) in [4.78, 5) is 25.4. The summed E-state index contributed by atoms with van der Waals surface area (Å²) in [5.41, 5.74) is 0.410. The summed E-state index contributed by atoms with van der Waals surface area (Å²) < 4.78 is 43.0. The lowest BCUT2D eigenvalue weighted by molar-refractivity contribution is -0.114. The third kappa shape index (κ3) is 5.29. The predicted octanol–water partition coefficient (Wildman–Crippen LogP) is 3.32. The van der Waals surface area contributed by atoms with Gasteiger partial charge < -0.3 is 19.5 Å². The second-order valence-electron chi connectivity index (χ2n) is 6.95. The molecule has 0 aliphatic carbocycles. The number of methoxy groups -OCH3 is 3. The lowest BCUT2D eigenvalue weighted by atomic mass is 10.1. The molecule has 34 heavy (non-hydrogen) atoms. The Hall–Kier alpha value is -4.05. The van der Waals surface area contributed by atoms with Gasteiger partial charge in [-0.1, -0.05) is 36.4 Å². The molecule has 0 aliphatic rings. The summed E-state index contributed by atoms with van der Waals surface area (Å²) in [6, 6.07) is 18.8. The maximum atomic E-state index is 13.4. The Morgan fingerprint density at radius 3 is 1.97 bits per heavy atom. The topological polar surface area (TPSA) is 111 Å². The fraction of sp³-hybridized carbons (Fsp3) is 0.167. The molecule has 9 nitrogen and oxygen atoms in total. The molecule has 0 aliphatic heterocycles. The first-order valence-electron chi connectivity index (χ1n) is 10.1. The highest BCUT2D eigenvalue weighted by molar-refractivity contribution is 7.92. The van der Waals surface area contributed by atoms with E-state index >= 15 is 0 Å². The van der Waals surface area contributed by atoms with E-state index in [4.69, 9.17) is 14.2 Å². The molecule has 0 fully saturated rings. The van der Waals surface area contributed by atoms with Crippen LogP contribution in [0.3, 0.4) is 0 Å². The second kappa shape index (κ2) is 10.7. The molecule has 1 amide bonds. The Morgan fingerprint density at radius 2 is 1.41 bits per heavy atom. The summed E-state index contributed by atoms with van der Waals surface area (Å²) in [7, 11) is -0.0436. The summed E-state index contributed by atoms with van der Waals surface area (Å²) in [6.07, 6.45) is 0. The van der Waals surface area contributed by atoms with Gasteiger partial charge in [0.2, 0.25) is 5.91 Å². The van der Waals surface area contributed by atoms with Crippen molar-refractivity contribution in [2.24, 2.45) is 0 Å². The molecule has 0 bridgehead atoms. The van der Waals surface area contributed by atoms with Crippen LogP contribution >= 0.6 is 0 Å². The molecular formula is C24H24N2O7S. The number of hydrogen-bond donors (Lipinski definition) is 1. The highest BCUT2D eigenvalue weighted by Gasteiger charge is 2.28. The molecule has 3 aromatic carbocycles. The lowest BCUT2D eigenvalue weighted by Gasteiger charge is -2.24. The molecule has 0 heterocycles. The van der Waals surface area contributed by atoms with Crippen molar-refractivity contribution in [3.8, 4) is 11.5 Å². The van der Waals surface area contributed by atoms with Gasteiger partial charge in [0.15, 0.2) is 11.5 Å². The number of sulfonamides is 1. The van der Waals surface area contributed by atoms with Crippen LogP contribution in [0.4, 0.5) is 11.4 Å². The van der Waals surface area contributed by atoms with Crippen LogP contribution < -0.4 is 19.1 Å². The first kappa shape index (κ1) is 24.6. The number of rotatable bonds is 9. The monoisotopic (exact) mass is 484 g/mol. The van der Waals surface area contributed by atoms with E-state index in [1.165, 1.54) is 45.6 Å². The van der Waals surface area contributed by atoms with Gasteiger partial charge >= 0.3 is 5.97 Å². The van der Waals surface area contributed by atoms with E-state index in [-0.39, 0.29) is 27.6 Å². The van der Waals surface area contributed by atoms with E-state index in [9.17, 15) is 18.0 Å². The van der Waals surface area contributed by atoms with Gasteiger partial charge in [0.05, 0.1) is 43.2 Å². The molecule has 0 radical (unpaired) electrons. The molecule has 0 atom stereocenters. The molecule has 3 aromatic rings. The standard InChI is InChI=1S/C24H24N2O7S/c1-31-21-14-19(24(28)33-3)20(15-22(21)32-2)25-23(27)16-26(17-10-6-4-7-11-17)34(29,30)18-12-8-5-9-13-18/h4-15H,16H2,1-3H3,(H,25,27). The van der Waals surface area contributed by atoms with Gasteiger partial charge in [0.25, 0.3) is 10.0 Å². The van der Waals surface area contributed by atoms with Crippen molar-refractivity contribution in [3.05, 3.63) is 78.4 Å². The Bertz CT molecular complexity index is 1260. The number of para-hydroxylation sites is 1. The van der Waals surface area contributed by atoms with Crippen molar-refractivity contribution < 1.29 is 32.2 Å². The van der Waals surface area contributed by atoms with Crippen molar-refractivity contribution in [3.63, 3.8) is 0 Å². The maximum absolute atomic E-state index is 13.4. The Labute approximate surface area is 197 Å². The van der Waals surface area contributed by atoms with Crippen LogP contribution in [0.5, 0.6) is 11.5 Å². The minimum absolute atomic E-state index is 0.0191.